The second-order valence-corrected chi connectivity index (χ2v) is 8.50. The highest BCUT2D eigenvalue weighted by Crippen LogP contribution is 2.29. The van der Waals surface area contributed by atoms with Crippen molar-refractivity contribution in [2.45, 2.75) is 45.1 Å². The first-order chi connectivity index (χ1) is 17.2. The Labute approximate surface area is 211 Å². The molecule has 2 aromatic rings. The van der Waals surface area contributed by atoms with Crippen LogP contribution in [0.25, 0.3) is 0 Å². The van der Waals surface area contributed by atoms with Crippen molar-refractivity contribution in [3.63, 3.8) is 0 Å². The number of amidine groups is 1. The number of aliphatic hydroxyl groups excluding tert-OH is 1. The number of halogens is 3. The Hall–Kier alpha value is -3.44. The second kappa shape index (κ2) is 12.5. The van der Waals surface area contributed by atoms with E-state index in [1.54, 1.807) is 24.3 Å². The summed E-state index contributed by atoms with van der Waals surface area (Å²) in [7, 11) is 0. The molecule has 194 valence electrons. The molecular weight excluding hydrogens is 498 g/mol. The lowest BCUT2D eigenvalue weighted by molar-refractivity contribution is -0.154. The summed E-state index contributed by atoms with van der Waals surface area (Å²) in [5.74, 6) is -1.16. The third-order valence-corrected chi connectivity index (χ3v) is 5.67. The molecule has 2 atom stereocenters. The predicted molar refractivity (Wildman–Crippen MR) is 128 cm³/mol. The maximum absolute atomic E-state index is 12.8. The number of hydrogen-bond donors (Lipinski definition) is 3. The van der Waals surface area contributed by atoms with Crippen molar-refractivity contribution in [1.82, 2.24) is 10.2 Å². The average Bonchev–Trinajstić information content (AvgIpc) is 2.81. The molecule has 12 heteroatoms. The van der Waals surface area contributed by atoms with Gasteiger partial charge in [0.25, 0.3) is 5.91 Å². The van der Waals surface area contributed by atoms with Crippen molar-refractivity contribution in [2.75, 3.05) is 13.2 Å². The zero-order chi connectivity index (χ0) is 26.2. The Morgan fingerprint density at radius 2 is 2.00 bits per heavy atom. The van der Waals surface area contributed by atoms with Gasteiger partial charge in [-0.05, 0) is 42.2 Å². The summed E-state index contributed by atoms with van der Waals surface area (Å²) >= 11 is 5.90. The van der Waals surface area contributed by atoms with E-state index >= 15 is 0 Å². The van der Waals surface area contributed by atoms with Crippen molar-refractivity contribution in [3.8, 4) is 5.75 Å². The van der Waals surface area contributed by atoms with Gasteiger partial charge in [-0.3, -0.25) is 9.59 Å². The van der Waals surface area contributed by atoms with E-state index < -0.39 is 24.7 Å². The highest BCUT2D eigenvalue weighted by Gasteiger charge is 2.40. The van der Waals surface area contributed by atoms with Crippen LogP contribution in [0.15, 0.2) is 47.6 Å². The van der Waals surface area contributed by atoms with E-state index in [9.17, 15) is 23.5 Å². The van der Waals surface area contributed by atoms with Crippen LogP contribution in [-0.4, -0.2) is 53.5 Å². The number of ether oxygens (including phenoxy) is 1. The molecular formula is C24H27ClF2N4O5. The second-order valence-electron chi connectivity index (χ2n) is 8.06. The molecule has 3 rings (SSSR count). The van der Waals surface area contributed by atoms with Gasteiger partial charge in [-0.1, -0.05) is 47.9 Å². The molecule has 0 aliphatic carbocycles. The van der Waals surface area contributed by atoms with Crippen LogP contribution >= 0.6 is 11.6 Å². The van der Waals surface area contributed by atoms with Gasteiger partial charge in [0.15, 0.2) is 11.9 Å². The topological polar surface area (TPSA) is 126 Å². The van der Waals surface area contributed by atoms with Gasteiger partial charge >= 0.3 is 6.61 Å². The number of aliphatic hydroxyl groups is 1. The standard InChI is InChI=1S/C24H27ClF2N4O5/c1-2-9-35-30-21(28)15-5-3-14(4-6-15)13-29-22(33)19-7-8-31(19)23(34)20(32)16-10-17(25)12-18(11-16)36-24(26)27/h3-6,10-12,19-20,24,32H,2,7-9,13H2,1H3,(H2,28,30)(H,29,33)/t19-,20+/m0/s1. The third-order valence-electron chi connectivity index (χ3n) is 5.45. The summed E-state index contributed by atoms with van der Waals surface area (Å²) < 4.78 is 29.3. The molecule has 1 heterocycles. The van der Waals surface area contributed by atoms with Crippen LogP contribution < -0.4 is 15.8 Å². The first kappa shape index (κ1) is 27.2. The molecule has 0 aromatic heterocycles. The normalized spacial score (nSPS) is 16.3. The fourth-order valence-electron chi connectivity index (χ4n) is 3.50. The van der Waals surface area contributed by atoms with Crippen molar-refractivity contribution in [2.24, 2.45) is 10.9 Å². The smallest absolute Gasteiger partial charge is 0.387 e. The summed E-state index contributed by atoms with van der Waals surface area (Å²) in [5, 5.41) is 17.1. The Morgan fingerprint density at radius 3 is 2.61 bits per heavy atom. The number of oxime groups is 1. The molecule has 0 spiro atoms. The summed E-state index contributed by atoms with van der Waals surface area (Å²) in [5.41, 5.74) is 7.33. The van der Waals surface area contributed by atoms with Gasteiger partial charge in [-0.25, -0.2) is 0 Å². The van der Waals surface area contributed by atoms with E-state index in [2.05, 4.69) is 15.2 Å². The number of rotatable bonds is 11. The van der Waals surface area contributed by atoms with Gasteiger partial charge in [0, 0.05) is 23.7 Å². The third kappa shape index (κ3) is 7.05. The number of nitrogens with two attached hydrogens (primary N) is 1. The van der Waals surface area contributed by atoms with E-state index in [0.717, 1.165) is 24.1 Å². The minimum Gasteiger partial charge on any atom is -0.435 e. The Balaban J connectivity index is 1.56. The minimum atomic E-state index is -3.09. The number of likely N-dealkylation sites (tertiary alicyclic amines) is 1. The minimum absolute atomic E-state index is 0.0143. The van der Waals surface area contributed by atoms with E-state index in [0.29, 0.717) is 18.6 Å². The van der Waals surface area contributed by atoms with Crippen LogP contribution in [-0.2, 0) is 21.0 Å². The quantitative estimate of drug-likeness (QED) is 0.179. The molecule has 0 radical (unpaired) electrons. The van der Waals surface area contributed by atoms with Crippen LogP contribution in [0.1, 0.15) is 42.6 Å². The molecule has 36 heavy (non-hydrogen) atoms. The molecule has 1 aliphatic rings. The molecule has 2 amide bonds. The Morgan fingerprint density at radius 1 is 1.28 bits per heavy atom. The van der Waals surface area contributed by atoms with Gasteiger partial charge in [0.2, 0.25) is 5.91 Å². The van der Waals surface area contributed by atoms with Crippen molar-refractivity contribution in [1.29, 1.82) is 0 Å². The highest BCUT2D eigenvalue weighted by molar-refractivity contribution is 6.30. The first-order valence-corrected chi connectivity index (χ1v) is 11.6. The summed E-state index contributed by atoms with van der Waals surface area (Å²) in [6.45, 7) is -0.183. The van der Waals surface area contributed by atoms with E-state index in [1.165, 1.54) is 11.0 Å². The highest BCUT2D eigenvalue weighted by atomic mass is 35.5. The molecule has 9 nitrogen and oxygen atoms in total. The summed E-state index contributed by atoms with van der Waals surface area (Å²) in [4.78, 5) is 31.7. The fraction of sp³-hybridized carbons (Fsp3) is 0.375. The number of nitrogens with zero attached hydrogens (tertiary/aromatic N) is 2. The van der Waals surface area contributed by atoms with E-state index in [-0.39, 0.29) is 41.2 Å². The lowest BCUT2D eigenvalue weighted by atomic mass is 9.98. The van der Waals surface area contributed by atoms with E-state index in [4.69, 9.17) is 22.2 Å². The number of hydrogen-bond acceptors (Lipinski definition) is 6. The van der Waals surface area contributed by atoms with Gasteiger partial charge in [-0.15, -0.1) is 0 Å². The Kier molecular flexibility index (Phi) is 9.43. The average molecular weight is 525 g/mol. The summed E-state index contributed by atoms with van der Waals surface area (Å²) in [6, 6.07) is 9.82. The number of carbonyl (C=O) groups is 2. The first-order valence-electron chi connectivity index (χ1n) is 11.3. The van der Waals surface area contributed by atoms with Crippen LogP contribution in [0.2, 0.25) is 5.02 Å². The molecule has 0 bridgehead atoms. The number of carbonyl (C=O) groups excluding carboxylic acids is 2. The van der Waals surface area contributed by atoms with Crippen LogP contribution in [0.5, 0.6) is 5.75 Å². The zero-order valence-electron chi connectivity index (χ0n) is 19.5. The SMILES string of the molecule is CCCO/N=C(\N)c1ccc(CNC(=O)[C@@H]2CCN2C(=O)[C@H](O)c2cc(Cl)cc(OC(F)F)c2)cc1. The number of alkyl halides is 2. The Bertz CT molecular complexity index is 1100. The molecule has 2 aromatic carbocycles. The molecule has 1 saturated heterocycles. The van der Waals surface area contributed by atoms with Gasteiger partial charge in [0.1, 0.15) is 18.4 Å². The van der Waals surface area contributed by atoms with Gasteiger partial charge in [0.05, 0.1) is 0 Å². The van der Waals surface area contributed by atoms with Crippen molar-refractivity contribution in [3.05, 3.63) is 64.2 Å². The predicted octanol–water partition coefficient (Wildman–Crippen LogP) is 2.94. The van der Waals surface area contributed by atoms with Crippen LogP contribution in [0, 0.1) is 0 Å². The maximum atomic E-state index is 12.8. The van der Waals surface area contributed by atoms with Crippen LogP contribution in [0.4, 0.5) is 8.78 Å². The van der Waals surface area contributed by atoms with Gasteiger partial charge < -0.3 is 30.6 Å². The molecule has 0 unspecified atom stereocenters. The largest absolute Gasteiger partial charge is 0.435 e. The zero-order valence-corrected chi connectivity index (χ0v) is 20.3. The lowest BCUT2D eigenvalue weighted by Crippen LogP contribution is -2.59. The number of amides is 2. The lowest BCUT2D eigenvalue weighted by Gasteiger charge is -2.40. The molecule has 1 fully saturated rings. The van der Waals surface area contributed by atoms with Gasteiger partial charge in [-0.2, -0.15) is 8.78 Å². The number of benzene rings is 2. The number of nitrogens with one attached hydrogen (secondary N) is 1. The maximum Gasteiger partial charge on any atom is 0.387 e. The molecule has 0 saturated carbocycles. The summed E-state index contributed by atoms with van der Waals surface area (Å²) in [6.07, 6.45) is -0.459. The van der Waals surface area contributed by atoms with E-state index in [1.807, 2.05) is 6.92 Å². The van der Waals surface area contributed by atoms with Crippen molar-refractivity contribution >= 4 is 29.3 Å². The fourth-order valence-corrected chi connectivity index (χ4v) is 3.73. The molecule has 4 N–H and O–H groups in total. The molecule has 1 aliphatic heterocycles. The van der Waals surface area contributed by atoms with Crippen LogP contribution in [0.3, 0.4) is 0 Å². The van der Waals surface area contributed by atoms with Crippen molar-refractivity contribution < 1.29 is 33.1 Å². The monoisotopic (exact) mass is 524 g/mol.